The normalized spacial score (nSPS) is 14.3. The Morgan fingerprint density at radius 2 is 0.926 bits per heavy atom. The summed E-state index contributed by atoms with van der Waals surface area (Å²) in [4.78, 5) is 169. The molecule has 29 heteroatoms. The fourth-order valence-corrected chi connectivity index (χ4v) is 7.87. The fourth-order valence-electron chi connectivity index (χ4n) is 7.87. The predicted octanol–water partition coefficient (Wildman–Crippen LogP) is -2.94. The van der Waals surface area contributed by atoms with Gasteiger partial charge >= 0.3 is 17.9 Å². The summed E-state index contributed by atoms with van der Waals surface area (Å²) in [5, 5.41) is 80.3. The van der Waals surface area contributed by atoms with Crippen LogP contribution < -0.4 is 53.6 Å². The van der Waals surface area contributed by atoms with Crippen molar-refractivity contribution in [2.75, 3.05) is 6.54 Å². The van der Waals surface area contributed by atoms with Crippen LogP contribution in [0.25, 0.3) is 0 Å². The number of carbonyl (C=O) groups excluding carboxylic acids is 10. The van der Waals surface area contributed by atoms with Crippen molar-refractivity contribution in [2.24, 2.45) is 17.6 Å². The van der Waals surface area contributed by atoms with E-state index in [1.165, 1.54) is 6.07 Å². The molecule has 0 fully saturated rings. The summed E-state index contributed by atoms with van der Waals surface area (Å²) in [6.45, 7) is 8.20. The van der Waals surface area contributed by atoms with Crippen molar-refractivity contribution in [2.45, 2.75) is 154 Å². The Morgan fingerprint density at radius 3 is 1.41 bits per heavy atom. The Kier molecular flexibility index (Phi) is 28.2. The van der Waals surface area contributed by atoms with E-state index in [9.17, 15) is 93.0 Å². The number of aliphatic carboxylic acids is 3. The number of benzene rings is 2. The lowest BCUT2D eigenvalue weighted by molar-refractivity contribution is -0.142. The van der Waals surface area contributed by atoms with Gasteiger partial charge in [0.25, 0.3) is 0 Å². The number of phenolic OH excluding ortho intramolecular Hbond substituents is 2. The Bertz CT molecular complexity index is 2580. The van der Waals surface area contributed by atoms with Gasteiger partial charge in [0, 0.05) is 32.6 Å². The maximum Gasteiger partial charge on any atom is 0.305 e. The largest absolute Gasteiger partial charge is 0.504 e. The Hall–Kier alpha value is -8.89. The highest BCUT2D eigenvalue weighted by Gasteiger charge is 2.36. The molecule has 0 aliphatic rings. The number of nitrogens with one attached hydrogen (secondary N) is 9. The lowest BCUT2D eigenvalue weighted by Gasteiger charge is -2.27. The summed E-state index contributed by atoms with van der Waals surface area (Å²) < 4.78 is 0. The molecule has 0 saturated heterocycles. The maximum atomic E-state index is 14.1. The SMILES string of the molecule is CC(=O)N[C@@H](CC(C)C)C(=O)N[C@@H](CC(=O)O)C(=O)N[C@@H](CCC(=O)O)C(=O)N[C@@H](Cc1ccc(O)c(O)c1)C(=O)N[C@H](C(=O)NCC(=O)N[C@@H](CCC(=O)O)C(=O)N[C@@H](Cc1ccccc1)C(=O)N[C@@H](CC(C)C)C(N)=O)[C@@H](C)O. The van der Waals surface area contributed by atoms with Crippen LogP contribution in [0.4, 0.5) is 0 Å². The van der Waals surface area contributed by atoms with Crippen molar-refractivity contribution in [1.82, 2.24) is 47.9 Å². The van der Waals surface area contributed by atoms with Crippen LogP contribution in [0.2, 0.25) is 0 Å². The Labute approximate surface area is 465 Å². The summed E-state index contributed by atoms with van der Waals surface area (Å²) in [6, 6.07) is -1.45. The minimum Gasteiger partial charge on any atom is -0.504 e. The van der Waals surface area contributed by atoms with Crippen LogP contribution in [0.5, 0.6) is 11.5 Å². The smallest absolute Gasteiger partial charge is 0.305 e. The first-order valence-corrected chi connectivity index (χ1v) is 25.7. The molecule has 9 atom stereocenters. The lowest BCUT2D eigenvalue weighted by atomic mass is 10.0. The zero-order valence-electron chi connectivity index (χ0n) is 45.6. The Balaban J connectivity index is 2.43. The van der Waals surface area contributed by atoms with Crippen LogP contribution in [0.1, 0.15) is 97.6 Å². The van der Waals surface area contributed by atoms with E-state index in [0.29, 0.717) is 5.56 Å². The third kappa shape index (κ3) is 25.6. The van der Waals surface area contributed by atoms with Gasteiger partial charge in [-0.2, -0.15) is 0 Å². The fraction of sp³-hybridized carbons (Fsp3) is 0.519. The molecule has 17 N–H and O–H groups in total. The number of rotatable bonds is 35. The van der Waals surface area contributed by atoms with Gasteiger partial charge < -0.3 is 84.2 Å². The summed E-state index contributed by atoms with van der Waals surface area (Å²) >= 11 is 0. The van der Waals surface area contributed by atoms with Crippen LogP contribution >= 0.6 is 0 Å². The van der Waals surface area contributed by atoms with E-state index >= 15 is 0 Å². The number of carbonyl (C=O) groups is 13. The molecule has 0 bridgehead atoms. The topological polar surface area (TPSA) is 478 Å². The standard InChI is InChI=1S/C52H74N10O19/c1-25(2)18-33(45(53)74)58-49(78)35(20-29-10-8-7-9-11-29)59-46(75)31(13-16-41(68)69)56-40(67)24-54-52(81)44(27(5)63)62-51(80)36(21-30-12-15-38(65)39(66)22-30)60-47(76)32(14-17-42(70)71)57-50(79)37(23-43(72)73)61-48(77)34(19-26(3)4)55-28(6)64/h7-12,15,22,25-27,31-37,44,63,65-66H,13-14,16-21,23-24H2,1-6H3,(H2,53,74)(H,54,81)(H,55,64)(H,56,67)(H,57,79)(H,58,78)(H,59,75)(H,60,76)(H,61,77)(H,62,80)(H,68,69)(H,70,71)(H,72,73)/t27-,31+,32+,33+,34+,35+,36+,37+,44+/m1/s1. The minimum absolute atomic E-state index is 0.0421. The number of hydrogen-bond donors (Lipinski definition) is 16. The second-order valence-electron chi connectivity index (χ2n) is 20.0. The van der Waals surface area contributed by atoms with Gasteiger partial charge in [-0.15, -0.1) is 0 Å². The molecule has 446 valence electrons. The van der Waals surface area contributed by atoms with Gasteiger partial charge in [0.1, 0.15) is 48.3 Å². The first kappa shape index (κ1) is 68.2. The number of carboxylic acids is 3. The van der Waals surface area contributed by atoms with Crippen molar-refractivity contribution in [3.05, 3.63) is 59.7 Å². The van der Waals surface area contributed by atoms with E-state index < -0.39 is 188 Å². The molecule has 0 saturated carbocycles. The molecule has 0 heterocycles. The van der Waals surface area contributed by atoms with Gasteiger partial charge in [0.05, 0.1) is 19.1 Å². The number of carboxylic acid groups (broad SMARTS) is 3. The lowest BCUT2D eigenvalue weighted by Crippen LogP contribution is -2.61. The number of hydrogen-bond acceptors (Lipinski definition) is 16. The first-order valence-electron chi connectivity index (χ1n) is 25.7. The van der Waals surface area contributed by atoms with E-state index in [4.69, 9.17) is 5.73 Å². The van der Waals surface area contributed by atoms with Crippen molar-refractivity contribution >= 4 is 77.0 Å². The molecule has 0 aliphatic carbocycles. The first-order chi connectivity index (χ1) is 37.9. The molecular formula is C52H74N10O19. The molecule has 10 amide bonds. The van der Waals surface area contributed by atoms with Gasteiger partial charge in [-0.3, -0.25) is 62.3 Å². The quantitative estimate of drug-likeness (QED) is 0.0307. The third-order valence-corrected chi connectivity index (χ3v) is 11.9. The average molecular weight is 1140 g/mol. The molecule has 0 aliphatic heterocycles. The number of amides is 10. The number of phenols is 2. The zero-order valence-corrected chi connectivity index (χ0v) is 45.6. The van der Waals surface area contributed by atoms with Crippen LogP contribution in [0.3, 0.4) is 0 Å². The molecule has 81 heavy (non-hydrogen) atoms. The molecule has 0 aromatic heterocycles. The maximum absolute atomic E-state index is 14.1. The summed E-state index contributed by atoms with van der Waals surface area (Å²) in [7, 11) is 0. The molecule has 2 rings (SSSR count). The van der Waals surface area contributed by atoms with Gasteiger partial charge in [-0.1, -0.05) is 64.1 Å². The number of aliphatic hydroxyl groups excluding tert-OH is 1. The molecule has 29 nitrogen and oxygen atoms in total. The van der Waals surface area contributed by atoms with Gasteiger partial charge in [0.15, 0.2) is 11.5 Å². The van der Waals surface area contributed by atoms with Gasteiger partial charge in [0.2, 0.25) is 59.1 Å². The van der Waals surface area contributed by atoms with Gasteiger partial charge in [-0.25, -0.2) is 0 Å². The summed E-state index contributed by atoms with van der Waals surface area (Å²) in [5.74, 6) is -16.5. The van der Waals surface area contributed by atoms with E-state index in [1.807, 2.05) is 0 Å². The molecule has 2 aromatic carbocycles. The minimum atomic E-state index is -1.96. The second kappa shape index (κ2) is 33.5. The number of nitrogens with two attached hydrogens (primary N) is 1. The predicted molar refractivity (Wildman–Crippen MR) is 284 cm³/mol. The van der Waals surface area contributed by atoms with E-state index in [2.05, 4.69) is 47.9 Å². The highest BCUT2D eigenvalue weighted by atomic mass is 16.4. The summed E-state index contributed by atoms with van der Waals surface area (Å²) in [5.41, 5.74) is 6.13. The van der Waals surface area contributed by atoms with Crippen LogP contribution in [-0.4, -0.2) is 169 Å². The van der Waals surface area contributed by atoms with Crippen LogP contribution in [-0.2, 0) is 75.2 Å². The Morgan fingerprint density at radius 1 is 0.481 bits per heavy atom. The highest BCUT2D eigenvalue weighted by molar-refractivity contribution is 5.99. The van der Waals surface area contributed by atoms with E-state index in [1.54, 1.807) is 58.0 Å². The van der Waals surface area contributed by atoms with Crippen molar-refractivity contribution in [3.8, 4) is 11.5 Å². The van der Waals surface area contributed by atoms with E-state index in [0.717, 1.165) is 26.0 Å². The van der Waals surface area contributed by atoms with E-state index in [-0.39, 0.29) is 36.7 Å². The highest BCUT2D eigenvalue weighted by Crippen LogP contribution is 2.25. The van der Waals surface area contributed by atoms with Crippen molar-refractivity contribution < 1.29 is 93.0 Å². The molecular weight excluding hydrogens is 1070 g/mol. The molecule has 0 spiro atoms. The van der Waals surface area contributed by atoms with Gasteiger partial charge in [-0.05, 0) is 67.7 Å². The van der Waals surface area contributed by atoms with Crippen LogP contribution in [0.15, 0.2) is 48.5 Å². The summed E-state index contributed by atoms with van der Waals surface area (Å²) in [6.07, 6.45) is -6.05. The van der Waals surface area contributed by atoms with Crippen LogP contribution in [0, 0.1) is 11.8 Å². The number of aromatic hydroxyl groups is 2. The number of primary amides is 1. The average Bonchev–Trinajstić information content (AvgIpc) is 3.39. The second-order valence-corrected chi connectivity index (χ2v) is 20.0. The monoisotopic (exact) mass is 1140 g/mol. The number of aliphatic hydroxyl groups is 1. The van der Waals surface area contributed by atoms with Crippen molar-refractivity contribution in [3.63, 3.8) is 0 Å². The third-order valence-electron chi connectivity index (χ3n) is 11.9. The molecule has 2 aromatic rings. The van der Waals surface area contributed by atoms with Crippen molar-refractivity contribution in [1.29, 1.82) is 0 Å². The zero-order chi connectivity index (χ0) is 61.3. The molecule has 0 radical (unpaired) electrons. The molecule has 0 unspecified atom stereocenters.